The van der Waals surface area contributed by atoms with Crippen LogP contribution in [0.25, 0.3) is 0 Å². The summed E-state index contributed by atoms with van der Waals surface area (Å²) in [6.45, 7) is 6.33. The Morgan fingerprint density at radius 1 is 1.37 bits per heavy atom. The Morgan fingerprint density at radius 2 is 2.16 bits per heavy atom. The Hall–Kier alpha value is -0.580. The minimum absolute atomic E-state index is 0.584. The SMILES string of the molecule is CCC1CN(C)CCCN1c1ccc(CN)c(Br)c1. The molecule has 1 aromatic rings. The quantitative estimate of drug-likeness (QED) is 0.927. The molecule has 3 nitrogen and oxygen atoms in total. The molecule has 0 aromatic heterocycles. The van der Waals surface area contributed by atoms with Gasteiger partial charge in [-0.05, 0) is 44.1 Å². The van der Waals surface area contributed by atoms with Gasteiger partial charge in [-0.15, -0.1) is 0 Å². The highest BCUT2D eigenvalue weighted by Crippen LogP contribution is 2.27. The van der Waals surface area contributed by atoms with Gasteiger partial charge in [-0.2, -0.15) is 0 Å². The van der Waals surface area contributed by atoms with Gasteiger partial charge < -0.3 is 15.5 Å². The van der Waals surface area contributed by atoms with Gasteiger partial charge in [0.1, 0.15) is 0 Å². The van der Waals surface area contributed by atoms with E-state index in [1.165, 1.54) is 30.6 Å². The van der Waals surface area contributed by atoms with Gasteiger partial charge in [0.25, 0.3) is 0 Å². The molecule has 2 N–H and O–H groups in total. The summed E-state index contributed by atoms with van der Waals surface area (Å²) in [6, 6.07) is 7.17. The van der Waals surface area contributed by atoms with Crippen molar-refractivity contribution in [3.8, 4) is 0 Å². The number of halogens is 1. The summed E-state index contributed by atoms with van der Waals surface area (Å²) in [7, 11) is 2.22. The van der Waals surface area contributed by atoms with Crippen molar-refractivity contribution < 1.29 is 0 Å². The zero-order valence-electron chi connectivity index (χ0n) is 11.9. The van der Waals surface area contributed by atoms with Crippen LogP contribution < -0.4 is 10.6 Å². The van der Waals surface area contributed by atoms with Crippen LogP contribution in [0, 0.1) is 0 Å². The monoisotopic (exact) mass is 325 g/mol. The van der Waals surface area contributed by atoms with E-state index in [1.807, 2.05) is 0 Å². The van der Waals surface area contributed by atoms with Crippen molar-refractivity contribution in [3.63, 3.8) is 0 Å². The van der Waals surface area contributed by atoms with Crippen molar-refractivity contribution >= 4 is 21.6 Å². The molecular formula is C15H24BrN3. The number of hydrogen-bond donors (Lipinski definition) is 1. The summed E-state index contributed by atoms with van der Waals surface area (Å²) >= 11 is 3.63. The molecule has 0 saturated carbocycles. The van der Waals surface area contributed by atoms with Crippen LogP contribution in [0.2, 0.25) is 0 Å². The summed E-state index contributed by atoms with van der Waals surface area (Å²) in [5, 5.41) is 0. The molecule has 19 heavy (non-hydrogen) atoms. The lowest BCUT2D eigenvalue weighted by molar-refractivity contribution is 0.328. The molecule has 1 saturated heterocycles. The third-order valence-electron chi connectivity index (χ3n) is 3.96. The van der Waals surface area contributed by atoms with Crippen molar-refractivity contribution in [2.75, 3.05) is 31.6 Å². The van der Waals surface area contributed by atoms with E-state index in [1.54, 1.807) is 0 Å². The molecule has 1 atom stereocenters. The van der Waals surface area contributed by atoms with Crippen LogP contribution in [0.1, 0.15) is 25.3 Å². The molecule has 1 fully saturated rings. The van der Waals surface area contributed by atoms with Gasteiger partial charge in [0.15, 0.2) is 0 Å². The molecule has 2 rings (SSSR count). The second-order valence-electron chi connectivity index (χ2n) is 5.35. The van der Waals surface area contributed by atoms with Crippen LogP contribution in [0.5, 0.6) is 0 Å². The summed E-state index contributed by atoms with van der Waals surface area (Å²) in [5.41, 5.74) is 8.21. The van der Waals surface area contributed by atoms with Gasteiger partial charge in [0, 0.05) is 35.8 Å². The first-order chi connectivity index (χ1) is 9.15. The Balaban J connectivity index is 2.25. The number of rotatable bonds is 3. The van der Waals surface area contributed by atoms with Gasteiger partial charge >= 0.3 is 0 Å². The van der Waals surface area contributed by atoms with E-state index in [4.69, 9.17) is 5.73 Å². The molecule has 0 amide bonds. The van der Waals surface area contributed by atoms with Crippen molar-refractivity contribution in [3.05, 3.63) is 28.2 Å². The Kier molecular flexibility index (Phi) is 5.25. The molecule has 1 aliphatic rings. The number of benzene rings is 1. The number of anilines is 1. The summed E-state index contributed by atoms with van der Waals surface area (Å²) in [6.07, 6.45) is 2.41. The fourth-order valence-electron chi connectivity index (χ4n) is 2.81. The Morgan fingerprint density at radius 3 is 2.79 bits per heavy atom. The standard InChI is InChI=1S/C15H24BrN3/c1-3-13-11-18(2)7-4-8-19(13)14-6-5-12(10-17)15(16)9-14/h5-6,9,13H,3-4,7-8,10-11,17H2,1-2H3. The first-order valence-corrected chi connectivity index (χ1v) is 7.88. The minimum Gasteiger partial charge on any atom is -0.367 e. The molecule has 4 heteroatoms. The van der Waals surface area contributed by atoms with E-state index in [0.717, 1.165) is 17.6 Å². The zero-order valence-corrected chi connectivity index (χ0v) is 13.5. The molecule has 1 aliphatic heterocycles. The zero-order chi connectivity index (χ0) is 13.8. The maximum absolute atomic E-state index is 5.73. The highest BCUT2D eigenvalue weighted by atomic mass is 79.9. The highest BCUT2D eigenvalue weighted by Gasteiger charge is 2.22. The molecule has 0 spiro atoms. The van der Waals surface area contributed by atoms with Gasteiger partial charge in [-0.25, -0.2) is 0 Å². The fraction of sp³-hybridized carbons (Fsp3) is 0.600. The van der Waals surface area contributed by atoms with Crippen molar-refractivity contribution in [2.24, 2.45) is 5.73 Å². The predicted octanol–water partition coefficient (Wildman–Crippen LogP) is 2.83. The van der Waals surface area contributed by atoms with E-state index in [0.29, 0.717) is 12.6 Å². The molecular weight excluding hydrogens is 302 g/mol. The molecule has 1 unspecified atom stereocenters. The van der Waals surface area contributed by atoms with Crippen molar-refractivity contribution in [1.29, 1.82) is 0 Å². The fourth-order valence-corrected chi connectivity index (χ4v) is 3.34. The van der Waals surface area contributed by atoms with Crippen LogP contribution >= 0.6 is 15.9 Å². The number of hydrogen-bond acceptors (Lipinski definition) is 3. The number of likely N-dealkylation sites (N-methyl/N-ethyl adjacent to an activating group) is 1. The van der Waals surface area contributed by atoms with E-state index in [-0.39, 0.29) is 0 Å². The van der Waals surface area contributed by atoms with Crippen LogP contribution in [0.15, 0.2) is 22.7 Å². The predicted molar refractivity (Wildman–Crippen MR) is 85.6 cm³/mol. The average Bonchev–Trinajstić information content (AvgIpc) is 2.60. The third-order valence-corrected chi connectivity index (χ3v) is 4.70. The van der Waals surface area contributed by atoms with Crippen LogP contribution in [0.4, 0.5) is 5.69 Å². The van der Waals surface area contributed by atoms with Crippen molar-refractivity contribution in [1.82, 2.24) is 4.90 Å². The van der Waals surface area contributed by atoms with Crippen LogP contribution in [-0.4, -0.2) is 37.6 Å². The second-order valence-corrected chi connectivity index (χ2v) is 6.21. The van der Waals surface area contributed by atoms with Gasteiger partial charge in [0.2, 0.25) is 0 Å². The maximum Gasteiger partial charge on any atom is 0.0414 e. The molecule has 0 bridgehead atoms. The van der Waals surface area contributed by atoms with E-state index >= 15 is 0 Å². The van der Waals surface area contributed by atoms with Crippen LogP contribution in [0.3, 0.4) is 0 Å². The first-order valence-electron chi connectivity index (χ1n) is 7.09. The minimum atomic E-state index is 0.584. The topological polar surface area (TPSA) is 32.5 Å². The van der Waals surface area contributed by atoms with E-state index in [9.17, 15) is 0 Å². The largest absolute Gasteiger partial charge is 0.367 e. The van der Waals surface area contributed by atoms with Gasteiger partial charge in [-0.1, -0.05) is 28.9 Å². The lowest BCUT2D eigenvalue weighted by Crippen LogP contribution is -2.39. The molecule has 0 aliphatic carbocycles. The maximum atomic E-state index is 5.73. The summed E-state index contributed by atoms with van der Waals surface area (Å²) in [5.74, 6) is 0. The molecule has 1 aromatic carbocycles. The Bertz CT molecular complexity index is 422. The van der Waals surface area contributed by atoms with Crippen LogP contribution in [-0.2, 0) is 6.54 Å². The lowest BCUT2D eigenvalue weighted by atomic mass is 10.1. The molecule has 0 radical (unpaired) electrons. The van der Waals surface area contributed by atoms with E-state index in [2.05, 4.69) is 57.9 Å². The second kappa shape index (κ2) is 6.73. The summed E-state index contributed by atoms with van der Waals surface area (Å²) in [4.78, 5) is 4.99. The van der Waals surface area contributed by atoms with Gasteiger partial charge in [-0.3, -0.25) is 0 Å². The normalized spacial score (nSPS) is 21.5. The van der Waals surface area contributed by atoms with E-state index < -0.39 is 0 Å². The molecule has 106 valence electrons. The summed E-state index contributed by atoms with van der Waals surface area (Å²) < 4.78 is 1.12. The average molecular weight is 326 g/mol. The molecule has 1 heterocycles. The third kappa shape index (κ3) is 3.50. The first kappa shape index (κ1) is 14.8. The number of nitrogens with two attached hydrogens (primary N) is 1. The van der Waals surface area contributed by atoms with Gasteiger partial charge in [0.05, 0.1) is 0 Å². The van der Waals surface area contributed by atoms with Crippen molar-refractivity contribution in [2.45, 2.75) is 32.4 Å². The highest BCUT2D eigenvalue weighted by molar-refractivity contribution is 9.10. The lowest BCUT2D eigenvalue weighted by Gasteiger charge is -2.32. The number of nitrogens with zero attached hydrogens (tertiary/aromatic N) is 2. The smallest absolute Gasteiger partial charge is 0.0414 e. The Labute approximate surface area is 124 Å².